The van der Waals surface area contributed by atoms with Crippen LogP contribution in [-0.2, 0) is 13.0 Å². The first-order valence-electron chi connectivity index (χ1n) is 7.14. The van der Waals surface area contributed by atoms with E-state index in [1.807, 2.05) is 0 Å². The van der Waals surface area contributed by atoms with Crippen LogP contribution in [-0.4, -0.2) is 30.1 Å². The highest BCUT2D eigenvalue weighted by molar-refractivity contribution is 5.10. The number of nitrogens with zero attached hydrogens (tertiary/aromatic N) is 1. The first-order valence-corrected chi connectivity index (χ1v) is 7.14. The molecule has 0 aromatic carbocycles. The van der Waals surface area contributed by atoms with Crippen molar-refractivity contribution in [1.82, 2.24) is 10.2 Å². The molecule has 0 bridgehead atoms. The monoisotopic (exact) mass is 248 g/mol. The van der Waals surface area contributed by atoms with Gasteiger partial charge in [-0.05, 0) is 44.4 Å². The molecule has 1 N–H and O–H groups in total. The molecule has 100 valence electrons. The number of furan rings is 1. The van der Waals surface area contributed by atoms with Gasteiger partial charge in [0.2, 0.25) is 0 Å². The van der Waals surface area contributed by atoms with Crippen LogP contribution in [0.1, 0.15) is 32.3 Å². The van der Waals surface area contributed by atoms with Crippen LogP contribution >= 0.6 is 0 Å². The summed E-state index contributed by atoms with van der Waals surface area (Å²) in [7, 11) is 0. The van der Waals surface area contributed by atoms with Gasteiger partial charge in [-0.2, -0.15) is 0 Å². The Morgan fingerprint density at radius 1 is 1.33 bits per heavy atom. The molecule has 0 saturated carbocycles. The number of fused-ring (bicyclic) bond motifs is 1. The summed E-state index contributed by atoms with van der Waals surface area (Å²) in [5.41, 5.74) is 0.285. The van der Waals surface area contributed by atoms with Crippen molar-refractivity contribution >= 4 is 0 Å². The standard InChI is InChI=1S/C15H24N2O/c1-4-12-5-6-13(18-12)10-17-9-11-7-16-8-14(11)15(17,2)3/h5-6,11,14,16H,4,7-10H2,1-3H3. The van der Waals surface area contributed by atoms with Crippen LogP contribution in [0.15, 0.2) is 16.5 Å². The fraction of sp³-hybridized carbons (Fsp3) is 0.733. The third-order valence-corrected chi connectivity index (χ3v) is 4.93. The molecular formula is C15H24N2O. The molecule has 0 aliphatic carbocycles. The summed E-state index contributed by atoms with van der Waals surface area (Å²) < 4.78 is 5.85. The number of hydrogen-bond acceptors (Lipinski definition) is 3. The molecule has 2 unspecified atom stereocenters. The third-order valence-electron chi connectivity index (χ3n) is 4.93. The molecule has 1 aromatic rings. The molecule has 3 nitrogen and oxygen atoms in total. The first-order chi connectivity index (χ1) is 8.61. The van der Waals surface area contributed by atoms with E-state index in [4.69, 9.17) is 4.42 Å². The van der Waals surface area contributed by atoms with Gasteiger partial charge >= 0.3 is 0 Å². The van der Waals surface area contributed by atoms with Crippen molar-refractivity contribution in [2.75, 3.05) is 19.6 Å². The van der Waals surface area contributed by atoms with Crippen molar-refractivity contribution in [3.8, 4) is 0 Å². The van der Waals surface area contributed by atoms with Gasteiger partial charge in [0.05, 0.1) is 6.54 Å². The summed E-state index contributed by atoms with van der Waals surface area (Å²) in [6.45, 7) is 11.4. The quantitative estimate of drug-likeness (QED) is 0.889. The van der Waals surface area contributed by atoms with Gasteiger partial charge < -0.3 is 9.73 Å². The maximum Gasteiger partial charge on any atom is 0.118 e. The molecule has 0 amide bonds. The van der Waals surface area contributed by atoms with Crippen molar-refractivity contribution in [3.63, 3.8) is 0 Å². The summed E-state index contributed by atoms with van der Waals surface area (Å²) in [6.07, 6.45) is 0.985. The zero-order chi connectivity index (χ0) is 12.8. The summed E-state index contributed by atoms with van der Waals surface area (Å²) in [5.74, 6) is 3.83. The largest absolute Gasteiger partial charge is 0.465 e. The van der Waals surface area contributed by atoms with Gasteiger partial charge in [-0.3, -0.25) is 4.90 Å². The predicted octanol–water partition coefficient (Wildman–Crippen LogP) is 2.27. The smallest absolute Gasteiger partial charge is 0.118 e. The van der Waals surface area contributed by atoms with Crippen LogP contribution in [0.25, 0.3) is 0 Å². The average molecular weight is 248 g/mol. The van der Waals surface area contributed by atoms with E-state index in [0.29, 0.717) is 0 Å². The second-order valence-corrected chi connectivity index (χ2v) is 6.28. The molecule has 2 fully saturated rings. The van der Waals surface area contributed by atoms with Crippen molar-refractivity contribution < 1.29 is 4.42 Å². The Labute approximate surface area is 110 Å². The Bertz CT molecular complexity index is 424. The van der Waals surface area contributed by atoms with Gasteiger partial charge in [-0.25, -0.2) is 0 Å². The van der Waals surface area contributed by atoms with E-state index in [1.165, 1.54) is 19.6 Å². The number of aryl methyl sites for hydroxylation is 1. The van der Waals surface area contributed by atoms with E-state index in [1.54, 1.807) is 0 Å². The molecule has 18 heavy (non-hydrogen) atoms. The van der Waals surface area contributed by atoms with E-state index in [9.17, 15) is 0 Å². The minimum absolute atomic E-state index is 0.285. The highest BCUT2D eigenvalue weighted by atomic mass is 16.3. The minimum Gasteiger partial charge on any atom is -0.465 e. The Morgan fingerprint density at radius 2 is 2.11 bits per heavy atom. The second kappa shape index (κ2) is 4.39. The normalized spacial score (nSPS) is 30.8. The summed E-state index contributed by atoms with van der Waals surface area (Å²) >= 11 is 0. The van der Waals surface area contributed by atoms with Crippen molar-refractivity contribution in [1.29, 1.82) is 0 Å². The summed E-state index contributed by atoms with van der Waals surface area (Å²) in [4.78, 5) is 2.60. The molecule has 1 aromatic heterocycles. The van der Waals surface area contributed by atoms with E-state index < -0.39 is 0 Å². The molecule has 0 radical (unpaired) electrons. The van der Waals surface area contributed by atoms with Gasteiger partial charge in [-0.15, -0.1) is 0 Å². The average Bonchev–Trinajstić information content (AvgIpc) is 3.00. The second-order valence-electron chi connectivity index (χ2n) is 6.28. The van der Waals surface area contributed by atoms with Crippen LogP contribution in [0.5, 0.6) is 0 Å². The Kier molecular flexibility index (Phi) is 2.99. The summed E-state index contributed by atoms with van der Waals surface area (Å²) in [6, 6.07) is 4.25. The molecule has 0 spiro atoms. The first kappa shape index (κ1) is 12.2. The minimum atomic E-state index is 0.285. The lowest BCUT2D eigenvalue weighted by molar-refractivity contribution is 0.122. The zero-order valence-corrected chi connectivity index (χ0v) is 11.7. The van der Waals surface area contributed by atoms with Crippen LogP contribution in [0.2, 0.25) is 0 Å². The fourth-order valence-electron chi connectivity index (χ4n) is 3.66. The topological polar surface area (TPSA) is 28.4 Å². The molecule has 2 saturated heterocycles. The van der Waals surface area contributed by atoms with Gasteiger partial charge in [0.1, 0.15) is 11.5 Å². The molecule has 2 atom stereocenters. The molecule has 2 aliphatic rings. The number of nitrogens with one attached hydrogen (secondary N) is 1. The van der Waals surface area contributed by atoms with Crippen molar-refractivity contribution in [3.05, 3.63) is 23.7 Å². The lowest BCUT2D eigenvalue weighted by atomic mass is 9.85. The SMILES string of the molecule is CCc1ccc(CN2CC3CNCC3C2(C)C)o1. The maximum absolute atomic E-state index is 5.85. The number of hydrogen-bond donors (Lipinski definition) is 1. The number of likely N-dealkylation sites (tertiary alicyclic amines) is 1. The molecular weight excluding hydrogens is 224 g/mol. The molecule has 3 heterocycles. The zero-order valence-electron chi connectivity index (χ0n) is 11.7. The third kappa shape index (κ3) is 1.90. The molecule has 3 heteroatoms. The predicted molar refractivity (Wildman–Crippen MR) is 72.4 cm³/mol. The Morgan fingerprint density at radius 3 is 2.78 bits per heavy atom. The van der Waals surface area contributed by atoms with Crippen LogP contribution in [0.3, 0.4) is 0 Å². The van der Waals surface area contributed by atoms with Gasteiger partial charge in [0, 0.05) is 25.0 Å². The summed E-state index contributed by atoms with van der Waals surface area (Å²) in [5, 5.41) is 3.53. The fourth-order valence-corrected chi connectivity index (χ4v) is 3.66. The number of rotatable bonds is 3. The van der Waals surface area contributed by atoms with Gasteiger partial charge in [0.25, 0.3) is 0 Å². The van der Waals surface area contributed by atoms with E-state index >= 15 is 0 Å². The highest BCUT2D eigenvalue weighted by Crippen LogP contribution is 2.41. The highest BCUT2D eigenvalue weighted by Gasteiger charge is 2.49. The lowest BCUT2D eigenvalue weighted by Gasteiger charge is -2.35. The van der Waals surface area contributed by atoms with Crippen LogP contribution in [0, 0.1) is 11.8 Å². The van der Waals surface area contributed by atoms with E-state index in [2.05, 4.69) is 43.1 Å². The van der Waals surface area contributed by atoms with E-state index in [-0.39, 0.29) is 5.54 Å². The molecule has 3 rings (SSSR count). The lowest BCUT2D eigenvalue weighted by Crippen LogP contribution is -2.43. The van der Waals surface area contributed by atoms with Crippen molar-refractivity contribution in [2.45, 2.75) is 39.3 Å². The van der Waals surface area contributed by atoms with Gasteiger partial charge in [0.15, 0.2) is 0 Å². The van der Waals surface area contributed by atoms with Crippen LogP contribution < -0.4 is 5.32 Å². The Hall–Kier alpha value is -0.800. The Balaban J connectivity index is 1.73. The molecule has 2 aliphatic heterocycles. The van der Waals surface area contributed by atoms with Crippen LogP contribution in [0.4, 0.5) is 0 Å². The van der Waals surface area contributed by atoms with Gasteiger partial charge in [-0.1, -0.05) is 6.92 Å². The van der Waals surface area contributed by atoms with E-state index in [0.717, 1.165) is 36.3 Å². The van der Waals surface area contributed by atoms with Crippen molar-refractivity contribution in [2.24, 2.45) is 11.8 Å². The maximum atomic E-state index is 5.85.